The summed E-state index contributed by atoms with van der Waals surface area (Å²) in [6.45, 7) is 2.37. The molecule has 0 bridgehead atoms. The fourth-order valence-corrected chi connectivity index (χ4v) is 3.56. The van der Waals surface area contributed by atoms with Gasteiger partial charge in [-0.3, -0.25) is 9.36 Å². The first-order valence-electron chi connectivity index (χ1n) is 8.00. The van der Waals surface area contributed by atoms with Gasteiger partial charge in [0.25, 0.3) is 5.40 Å². The number of nitrogens with one attached hydrogen (secondary N) is 1. The maximum Gasteiger partial charge on any atom is 0.521 e. The first-order valence-corrected chi connectivity index (χ1v) is 11.0. The summed E-state index contributed by atoms with van der Waals surface area (Å²) in [5, 5.41) is 4.04. The summed E-state index contributed by atoms with van der Waals surface area (Å²) in [6.07, 6.45) is -0.665. The summed E-state index contributed by atoms with van der Waals surface area (Å²) in [6, 6.07) is 0. The van der Waals surface area contributed by atoms with Crippen LogP contribution < -0.4 is 5.32 Å². The Kier molecular flexibility index (Phi) is 15.2. The highest BCUT2D eigenvalue weighted by Crippen LogP contribution is 2.53. The normalized spacial score (nSPS) is 12.9. The van der Waals surface area contributed by atoms with Crippen LogP contribution in [0.2, 0.25) is 0 Å². The van der Waals surface area contributed by atoms with Gasteiger partial charge < -0.3 is 29.3 Å². The van der Waals surface area contributed by atoms with E-state index in [1.807, 2.05) is 0 Å². The molecular weight excluding hydrogens is 406 g/mol. The SMILES string of the molecule is [N-]=[N+]=NCCOCCOCCOCCNC(=O)CCC([P+](=O)O)P(=O)(O)O. The number of carbonyl (C=O) groups excluding carboxylic acids is 1. The second kappa shape index (κ2) is 15.9. The zero-order chi connectivity index (χ0) is 20.5. The van der Waals surface area contributed by atoms with E-state index in [-0.39, 0.29) is 32.5 Å². The van der Waals surface area contributed by atoms with Crippen molar-refractivity contribution >= 4 is 21.5 Å². The van der Waals surface area contributed by atoms with Crippen LogP contribution in [0.15, 0.2) is 5.11 Å². The van der Waals surface area contributed by atoms with E-state index in [2.05, 4.69) is 15.3 Å². The molecular formula is C12H25N4O9P2+. The van der Waals surface area contributed by atoms with Gasteiger partial charge in [0.05, 0.1) is 39.6 Å². The minimum absolute atomic E-state index is 0.188. The number of amides is 1. The monoisotopic (exact) mass is 431 g/mol. The van der Waals surface area contributed by atoms with Crippen LogP contribution in [0, 0.1) is 0 Å². The molecule has 2 atom stereocenters. The van der Waals surface area contributed by atoms with Gasteiger partial charge in [0, 0.05) is 30.8 Å². The van der Waals surface area contributed by atoms with Crippen LogP contribution in [0.3, 0.4) is 0 Å². The highest BCUT2D eigenvalue weighted by molar-refractivity contribution is 7.65. The first-order chi connectivity index (χ1) is 12.8. The van der Waals surface area contributed by atoms with Crippen LogP contribution in [0.1, 0.15) is 12.8 Å². The van der Waals surface area contributed by atoms with Crippen molar-refractivity contribution in [2.75, 3.05) is 52.7 Å². The van der Waals surface area contributed by atoms with Gasteiger partial charge >= 0.3 is 15.6 Å². The van der Waals surface area contributed by atoms with E-state index in [0.29, 0.717) is 33.0 Å². The minimum atomic E-state index is -4.73. The smallest absolute Gasteiger partial charge is 0.379 e. The predicted molar refractivity (Wildman–Crippen MR) is 94.4 cm³/mol. The van der Waals surface area contributed by atoms with Crippen molar-refractivity contribution in [1.29, 1.82) is 0 Å². The van der Waals surface area contributed by atoms with Crippen molar-refractivity contribution in [3.8, 4) is 0 Å². The van der Waals surface area contributed by atoms with Crippen LogP contribution in [-0.4, -0.2) is 78.7 Å². The van der Waals surface area contributed by atoms with Crippen molar-refractivity contribution in [2.45, 2.75) is 18.2 Å². The second-order valence-electron chi connectivity index (χ2n) is 5.05. The van der Waals surface area contributed by atoms with Crippen LogP contribution in [0.5, 0.6) is 0 Å². The zero-order valence-corrected chi connectivity index (χ0v) is 16.5. The van der Waals surface area contributed by atoms with Crippen LogP contribution in [0.4, 0.5) is 0 Å². The molecule has 15 heteroatoms. The fraction of sp³-hybridized carbons (Fsp3) is 0.917. The standard InChI is InChI=1S/C12H24N4O9P2/c13-16-15-4-6-24-8-10-25-9-7-23-5-3-14-11(17)1-2-12(26(18)19)27(20,21)22/h12H,1-10H2,(H3-,14,17,18,19,20,21,22)/p+1. The Morgan fingerprint density at radius 3 is 2.22 bits per heavy atom. The molecule has 0 spiro atoms. The Balaban J connectivity index is 3.54. The maximum atomic E-state index is 11.5. The van der Waals surface area contributed by atoms with Crippen LogP contribution in [-0.2, 0) is 28.1 Å². The Labute approximate surface area is 157 Å². The predicted octanol–water partition coefficient (Wildman–Crippen LogP) is 0.481. The molecule has 0 saturated carbocycles. The molecule has 0 aliphatic carbocycles. The molecule has 156 valence electrons. The Morgan fingerprint density at radius 1 is 1.15 bits per heavy atom. The molecule has 0 aromatic heterocycles. The summed E-state index contributed by atoms with van der Waals surface area (Å²) in [5.74, 6) is -0.497. The molecule has 2 unspecified atom stereocenters. The van der Waals surface area contributed by atoms with Gasteiger partial charge in [0.2, 0.25) is 5.91 Å². The van der Waals surface area contributed by atoms with Crippen molar-refractivity contribution in [3.05, 3.63) is 10.4 Å². The van der Waals surface area contributed by atoms with Gasteiger partial charge in [0.15, 0.2) is 0 Å². The first kappa shape index (κ1) is 25.9. The summed E-state index contributed by atoms with van der Waals surface area (Å²) in [7, 11) is -7.80. The highest BCUT2D eigenvalue weighted by Gasteiger charge is 2.45. The molecule has 4 N–H and O–H groups in total. The van der Waals surface area contributed by atoms with E-state index in [0.717, 1.165) is 0 Å². The molecule has 0 aromatic rings. The van der Waals surface area contributed by atoms with Gasteiger partial charge in [-0.25, -0.2) is 0 Å². The average molecular weight is 431 g/mol. The number of azide groups is 1. The van der Waals surface area contributed by atoms with Gasteiger partial charge in [-0.2, -0.15) is 4.89 Å². The number of rotatable bonds is 17. The van der Waals surface area contributed by atoms with Gasteiger partial charge in [0.1, 0.15) is 0 Å². The van der Waals surface area contributed by atoms with E-state index in [1.165, 1.54) is 0 Å². The Hall–Kier alpha value is -1.13. The lowest BCUT2D eigenvalue weighted by Crippen LogP contribution is -2.28. The molecule has 0 fully saturated rings. The molecule has 13 nitrogen and oxygen atoms in total. The van der Waals surface area contributed by atoms with Crippen molar-refractivity contribution in [2.24, 2.45) is 5.11 Å². The lowest BCUT2D eigenvalue weighted by Gasteiger charge is -2.09. The second-order valence-corrected chi connectivity index (χ2v) is 8.49. The maximum absolute atomic E-state index is 11.5. The van der Waals surface area contributed by atoms with E-state index < -0.39 is 26.9 Å². The molecule has 0 saturated heterocycles. The topological polar surface area (TPSA) is 200 Å². The molecule has 0 heterocycles. The third-order valence-electron chi connectivity index (χ3n) is 2.98. The van der Waals surface area contributed by atoms with Gasteiger partial charge in [-0.05, 0) is 10.1 Å². The summed E-state index contributed by atoms with van der Waals surface area (Å²) in [4.78, 5) is 40.9. The van der Waals surface area contributed by atoms with Crippen molar-refractivity contribution in [1.82, 2.24) is 5.32 Å². The molecule has 1 amide bonds. The molecule has 0 rings (SSSR count). The van der Waals surface area contributed by atoms with E-state index in [4.69, 9.17) is 34.4 Å². The molecule has 0 aliphatic rings. The average Bonchev–Trinajstić information content (AvgIpc) is 2.57. The lowest BCUT2D eigenvalue weighted by atomic mass is 10.3. The summed E-state index contributed by atoms with van der Waals surface area (Å²) in [5.41, 5.74) is 8.05. The number of carbonyl (C=O) groups is 1. The van der Waals surface area contributed by atoms with Crippen molar-refractivity contribution in [3.63, 3.8) is 0 Å². The number of ether oxygens (including phenoxy) is 3. The van der Waals surface area contributed by atoms with Crippen LogP contribution >= 0.6 is 15.6 Å². The van der Waals surface area contributed by atoms with E-state index >= 15 is 0 Å². The zero-order valence-electron chi connectivity index (χ0n) is 14.7. The number of nitrogens with zero attached hydrogens (tertiary/aromatic N) is 3. The quantitative estimate of drug-likeness (QED) is 0.0831. The van der Waals surface area contributed by atoms with Crippen LogP contribution in [0.25, 0.3) is 10.4 Å². The summed E-state index contributed by atoms with van der Waals surface area (Å²) >= 11 is 0. The van der Waals surface area contributed by atoms with Gasteiger partial charge in [-0.1, -0.05) is 5.11 Å². The lowest BCUT2D eigenvalue weighted by molar-refractivity contribution is -0.121. The Bertz CT molecular complexity index is 539. The third kappa shape index (κ3) is 15.6. The van der Waals surface area contributed by atoms with Gasteiger partial charge in [-0.15, -0.1) is 0 Å². The Morgan fingerprint density at radius 2 is 1.70 bits per heavy atom. The third-order valence-corrected chi connectivity index (χ3v) is 6.28. The molecule has 0 aromatic carbocycles. The fourth-order valence-electron chi connectivity index (χ4n) is 1.71. The highest BCUT2D eigenvalue weighted by atomic mass is 31.2. The van der Waals surface area contributed by atoms with E-state index in [1.54, 1.807) is 0 Å². The molecule has 27 heavy (non-hydrogen) atoms. The largest absolute Gasteiger partial charge is 0.521 e. The minimum Gasteiger partial charge on any atom is -0.379 e. The number of hydrogen-bond donors (Lipinski definition) is 4. The van der Waals surface area contributed by atoms with E-state index in [9.17, 15) is 13.9 Å². The summed E-state index contributed by atoms with van der Waals surface area (Å²) < 4.78 is 37.5. The number of hydrogen-bond acceptors (Lipinski definition) is 7. The van der Waals surface area contributed by atoms with Crippen molar-refractivity contribution < 1.29 is 42.8 Å². The molecule has 0 radical (unpaired) electrons. The molecule has 0 aliphatic heterocycles.